The Morgan fingerprint density at radius 1 is 1.00 bits per heavy atom. The van der Waals surface area contributed by atoms with Crippen molar-refractivity contribution in [2.24, 2.45) is 0 Å². The number of hydrogen-bond donors (Lipinski definition) is 0. The molecule has 1 amide bonds. The van der Waals surface area contributed by atoms with Crippen LogP contribution in [-0.2, 0) is 17.8 Å². The molecule has 0 bridgehead atoms. The number of benzene rings is 2. The number of carbonyl (C=O) groups excluding carboxylic acids is 1. The summed E-state index contributed by atoms with van der Waals surface area (Å²) in [5, 5.41) is 0. The lowest BCUT2D eigenvalue weighted by atomic mass is 10.1. The van der Waals surface area contributed by atoms with Gasteiger partial charge in [-0.15, -0.1) is 0 Å². The molecule has 1 unspecified atom stereocenters. The van der Waals surface area contributed by atoms with Crippen molar-refractivity contribution >= 4 is 5.91 Å². The van der Waals surface area contributed by atoms with E-state index >= 15 is 0 Å². The molecule has 1 aliphatic rings. The van der Waals surface area contributed by atoms with Gasteiger partial charge in [0.1, 0.15) is 6.10 Å². The first-order valence-corrected chi connectivity index (χ1v) is 9.85. The molecule has 0 saturated carbocycles. The fraction of sp³-hybridized carbons (Fsp3) is 0.250. The number of nitrogens with zero attached hydrogens (tertiary/aromatic N) is 2. The van der Waals surface area contributed by atoms with Gasteiger partial charge in [-0.3, -0.25) is 4.79 Å². The second kappa shape index (κ2) is 9.34. The van der Waals surface area contributed by atoms with Crippen LogP contribution in [0.5, 0.6) is 5.88 Å². The Labute approximate surface area is 170 Å². The van der Waals surface area contributed by atoms with Crippen molar-refractivity contribution in [2.45, 2.75) is 25.6 Å². The Balaban J connectivity index is 1.55. The molecule has 5 heteroatoms. The first-order valence-electron chi connectivity index (χ1n) is 9.85. The van der Waals surface area contributed by atoms with Gasteiger partial charge in [0.2, 0.25) is 5.88 Å². The standard InChI is InChI=1S/C24H24N2O3/c27-24(21-11-13-25-23(15-21)29-22-12-14-28-18-22)26(16-19-7-3-1-4-8-19)17-20-9-5-2-6-10-20/h1-11,13,15,22H,12,14,16-18H2. The van der Waals surface area contributed by atoms with Gasteiger partial charge in [0.25, 0.3) is 5.91 Å². The Morgan fingerprint density at radius 2 is 1.66 bits per heavy atom. The molecule has 29 heavy (non-hydrogen) atoms. The van der Waals surface area contributed by atoms with E-state index in [2.05, 4.69) is 4.98 Å². The van der Waals surface area contributed by atoms with Crippen LogP contribution in [0.15, 0.2) is 79.0 Å². The number of rotatable bonds is 7. The highest BCUT2D eigenvalue weighted by Gasteiger charge is 2.20. The van der Waals surface area contributed by atoms with Crippen molar-refractivity contribution in [3.8, 4) is 5.88 Å². The molecule has 148 valence electrons. The minimum Gasteiger partial charge on any atom is -0.472 e. The van der Waals surface area contributed by atoms with E-state index in [1.165, 1.54) is 0 Å². The molecule has 2 heterocycles. The van der Waals surface area contributed by atoms with Crippen LogP contribution < -0.4 is 4.74 Å². The maximum atomic E-state index is 13.4. The molecule has 5 nitrogen and oxygen atoms in total. The van der Waals surface area contributed by atoms with Crippen molar-refractivity contribution in [3.05, 3.63) is 95.7 Å². The molecule has 4 rings (SSSR count). The van der Waals surface area contributed by atoms with Crippen molar-refractivity contribution in [1.29, 1.82) is 0 Å². The molecule has 0 spiro atoms. The van der Waals surface area contributed by atoms with Gasteiger partial charge in [0.15, 0.2) is 0 Å². The van der Waals surface area contributed by atoms with E-state index in [4.69, 9.17) is 9.47 Å². The third-order valence-corrected chi connectivity index (χ3v) is 4.88. The molecule has 2 aromatic carbocycles. The van der Waals surface area contributed by atoms with Crippen LogP contribution in [0.1, 0.15) is 27.9 Å². The third-order valence-electron chi connectivity index (χ3n) is 4.88. The minimum absolute atomic E-state index is 0.00223. The highest BCUT2D eigenvalue weighted by atomic mass is 16.5. The van der Waals surface area contributed by atoms with E-state index in [1.807, 2.05) is 65.6 Å². The lowest BCUT2D eigenvalue weighted by Crippen LogP contribution is -2.30. The Bertz CT molecular complexity index is 884. The van der Waals surface area contributed by atoms with E-state index in [9.17, 15) is 4.79 Å². The zero-order valence-electron chi connectivity index (χ0n) is 16.2. The Hall–Kier alpha value is -3.18. The van der Waals surface area contributed by atoms with Gasteiger partial charge in [-0.2, -0.15) is 0 Å². The highest BCUT2D eigenvalue weighted by Crippen LogP contribution is 2.19. The number of ether oxygens (including phenoxy) is 2. The summed E-state index contributed by atoms with van der Waals surface area (Å²) >= 11 is 0. The van der Waals surface area contributed by atoms with Crippen molar-refractivity contribution < 1.29 is 14.3 Å². The van der Waals surface area contributed by atoms with E-state index in [0.29, 0.717) is 37.7 Å². The number of hydrogen-bond acceptors (Lipinski definition) is 4. The van der Waals surface area contributed by atoms with Crippen LogP contribution in [0.3, 0.4) is 0 Å². The predicted molar refractivity (Wildman–Crippen MR) is 111 cm³/mol. The second-order valence-corrected chi connectivity index (χ2v) is 7.12. The summed E-state index contributed by atoms with van der Waals surface area (Å²) in [6.07, 6.45) is 2.47. The molecule has 1 atom stereocenters. The normalized spacial score (nSPS) is 15.8. The van der Waals surface area contributed by atoms with Crippen LogP contribution in [0.2, 0.25) is 0 Å². The number of amides is 1. The van der Waals surface area contributed by atoms with Crippen molar-refractivity contribution in [3.63, 3.8) is 0 Å². The molecule has 3 aromatic rings. The maximum absolute atomic E-state index is 13.4. The fourth-order valence-corrected chi connectivity index (χ4v) is 3.37. The van der Waals surface area contributed by atoms with Gasteiger partial charge in [-0.1, -0.05) is 60.7 Å². The largest absolute Gasteiger partial charge is 0.472 e. The van der Waals surface area contributed by atoms with Gasteiger partial charge in [-0.05, 0) is 17.2 Å². The van der Waals surface area contributed by atoms with E-state index in [0.717, 1.165) is 17.5 Å². The SMILES string of the molecule is O=C(c1ccnc(OC2CCOC2)c1)N(Cc1ccccc1)Cc1ccccc1. The lowest BCUT2D eigenvalue weighted by molar-refractivity contribution is 0.0728. The lowest BCUT2D eigenvalue weighted by Gasteiger charge is -2.23. The summed E-state index contributed by atoms with van der Waals surface area (Å²) in [6.45, 7) is 2.33. The van der Waals surface area contributed by atoms with Crippen LogP contribution in [0.25, 0.3) is 0 Å². The van der Waals surface area contributed by atoms with E-state index in [1.54, 1.807) is 18.3 Å². The monoisotopic (exact) mass is 388 g/mol. The zero-order valence-corrected chi connectivity index (χ0v) is 16.2. The van der Waals surface area contributed by atoms with Gasteiger partial charge < -0.3 is 14.4 Å². The molecular weight excluding hydrogens is 364 g/mol. The van der Waals surface area contributed by atoms with Gasteiger partial charge >= 0.3 is 0 Å². The molecule has 0 aliphatic carbocycles. The van der Waals surface area contributed by atoms with Crippen molar-refractivity contribution in [1.82, 2.24) is 9.88 Å². The average Bonchev–Trinajstić information content (AvgIpc) is 3.27. The molecule has 0 radical (unpaired) electrons. The number of carbonyl (C=O) groups is 1. The maximum Gasteiger partial charge on any atom is 0.254 e. The summed E-state index contributed by atoms with van der Waals surface area (Å²) in [5.74, 6) is 0.415. The van der Waals surface area contributed by atoms with Gasteiger partial charge in [0, 0.05) is 37.3 Å². The van der Waals surface area contributed by atoms with Crippen LogP contribution in [0, 0.1) is 0 Å². The summed E-state index contributed by atoms with van der Waals surface area (Å²) in [5.41, 5.74) is 2.75. The van der Waals surface area contributed by atoms with Crippen LogP contribution in [0.4, 0.5) is 0 Å². The number of aromatic nitrogens is 1. The second-order valence-electron chi connectivity index (χ2n) is 7.12. The van der Waals surface area contributed by atoms with E-state index in [-0.39, 0.29) is 12.0 Å². The highest BCUT2D eigenvalue weighted by molar-refractivity contribution is 5.94. The van der Waals surface area contributed by atoms with Crippen LogP contribution in [-0.4, -0.2) is 35.1 Å². The third kappa shape index (κ3) is 5.21. The van der Waals surface area contributed by atoms with Gasteiger partial charge in [0.05, 0.1) is 13.2 Å². The zero-order chi connectivity index (χ0) is 19.9. The number of pyridine rings is 1. The average molecular weight is 388 g/mol. The molecule has 1 aromatic heterocycles. The topological polar surface area (TPSA) is 51.7 Å². The minimum atomic E-state index is -0.0485. The summed E-state index contributed by atoms with van der Waals surface area (Å²) in [7, 11) is 0. The van der Waals surface area contributed by atoms with E-state index < -0.39 is 0 Å². The summed E-state index contributed by atoms with van der Waals surface area (Å²) in [4.78, 5) is 19.5. The van der Waals surface area contributed by atoms with Crippen LogP contribution >= 0.6 is 0 Å². The molecule has 1 saturated heterocycles. The summed E-state index contributed by atoms with van der Waals surface area (Å²) in [6, 6.07) is 23.5. The Kier molecular flexibility index (Phi) is 6.17. The smallest absolute Gasteiger partial charge is 0.254 e. The fourth-order valence-electron chi connectivity index (χ4n) is 3.37. The Morgan fingerprint density at radius 3 is 2.24 bits per heavy atom. The van der Waals surface area contributed by atoms with Crippen molar-refractivity contribution in [2.75, 3.05) is 13.2 Å². The molecule has 0 N–H and O–H groups in total. The molecule has 1 fully saturated rings. The first kappa shape index (κ1) is 19.2. The quantitative estimate of drug-likeness (QED) is 0.612. The summed E-state index contributed by atoms with van der Waals surface area (Å²) < 4.78 is 11.2. The van der Waals surface area contributed by atoms with Gasteiger partial charge in [-0.25, -0.2) is 4.98 Å². The predicted octanol–water partition coefficient (Wildman–Crippen LogP) is 4.09. The molecule has 1 aliphatic heterocycles. The molecular formula is C24H24N2O3. The first-order chi connectivity index (χ1) is 14.3.